The van der Waals surface area contributed by atoms with Gasteiger partial charge in [0.2, 0.25) is 5.91 Å². The Hall–Kier alpha value is -0.830. The number of alkyl halides is 1. The number of rotatable bonds is 9. The summed E-state index contributed by atoms with van der Waals surface area (Å²) < 4.78 is 0. The van der Waals surface area contributed by atoms with E-state index in [-0.39, 0.29) is 5.91 Å². The molecule has 106 valence electrons. The van der Waals surface area contributed by atoms with Crippen molar-refractivity contribution in [1.29, 1.82) is 0 Å². The van der Waals surface area contributed by atoms with Gasteiger partial charge in [-0.15, -0.1) is 0 Å². The van der Waals surface area contributed by atoms with E-state index in [1.54, 1.807) is 0 Å². The van der Waals surface area contributed by atoms with Crippen LogP contribution in [0.3, 0.4) is 0 Å². The lowest BCUT2D eigenvalue weighted by atomic mass is 10.1. The van der Waals surface area contributed by atoms with E-state index in [2.05, 4.69) is 28.2 Å². The Morgan fingerprint density at radius 3 is 2.32 bits per heavy atom. The first-order valence-corrected chi connectivity index (χ1v) is 8.33. The van der Waals surface area contributed by atoms with E-state index in [0.29, 0.717) is 6.42 Å². The molecule has 1 rings (SSSR count). The van der Waals surface area contributed by atoms with Crippen molar-refractivity contribution in [3.8, 4) is 0 Å². The normalized spacial score (nSPS) is 10.4. The number of carbonyl (C=O) groups is 1. The minimum Gasteiger partial charge on any atom is -0.326 e. The highest BCUT2D eigenvalue weighted by atomic mass is 79.9. The van der Waals surface area contributed by atoms with Gasteiger partial charge in [-0.2, -0.15) is 0 Å². The van der Waals surface area contributed by atoms with E-state index < -0.39 is 0 Å². The average molecular weight is 326 g/mol. The molecule has 0 heterocycles. The molecule has 0 spiro atoms. The van der Waals surface area contributed by atoms with Gasteiger partial charge in [-0.25, -0.2) is 0 Å². The van der Waals surface area contributed by atoms with Crippen LogP contribution in [0.1, 0.15) is 57.4 Å². The fraction of sp³-hybridized carbons (Fsp3) is 0.562. The molecule has 1 amide bonds. The molecule has 0 radical (unpaired) electrons. The molecule has 0 aliphatic rings. The second-order valence-corrected chi connectivity index (χ2v) is 5.46. The average Bonchev–Trinajstić information content (AvgIpc) is 2.43. The zero-order valence-electron chi connectivity index (χ0n) is 11.8. The third kappa shape index (κ3) is 7.36. The summed E-state index contributed by atoms with van der Waals surface area (Å²) in [5.74, 6) is 0.127. The van der Waals surface area contributed by atoms with E-state index >= 15 is 0 Å². The van der Waals surface area contributed by atoms with Crippen LogP contribution < -0.4 is 5.32 Å². The number of benzene rings is 1. The van der Waals surface area contributed by atoms with Crippen molar-refractivity contribution in [1.82, 2.24) is 0 Å². The maximum Gasteiger partial charge on any atom is 0.224 e. The number of amides is 1. The fourth-order valence-corrected chi connectivity index (χ4v) is 2.34. The molecule has 0 unspecified atom stereocenters. The van der Waals surface area contributed by atoms with Crippen LogP contribution in [0.15, 0.2) is 24.3 Å². The summed E-state index contributed by atoms with van der Waals surface area (Å²) in [5.41, 5.74) is 2.11. The van der Waals surface area contributed by atoms with Crippen LogP contribution in [0.2, 0.25) is 0 Å². The molecule has 0 aliphatic carbocycles. The van der Waals surface area contributed by atoms with E-state index in [4.69, 9.17) is 0 Å². The molecule has 0 fully saturated rings. The van der Waals surface area contributed by atoms with Crippen LogP contribution in [0, 0.1) is 0 Å². The molecule has 0 saturated heterocycles. The van der Waals surface area contributed by atoms with E-state index in [1.807, 2.05) is 24.3 Å². The van der Waals surface area contributed by atoms with Crippen LogP contribution in [-0.4, -0.2) is 5.91 Å². The van der Waals surface area contributed by atoms with Gasteiger partial charge in [0.15, 0.2) is 0 Å². The van der Waals surface area contributed by atoms with Gasteiger partial charge in [0.1, 0.15) is 0 Å². The lowest BCUT2D eigenvalue weighted by molar-refractivity contribution is -0.116. The highest BCUT2D eigenvalue weighted by molar-refractivity contribution is 9.08. The van der Waals surface area contributed by atoms with Crippen molar-refractivity contribution in [3.63, 3.8) is 0 Å². The Morgan fingerprint density at radius 2 is 1.68 bits per heavy atom. The third-order valence-corrected chi connectivity index (χ3v) is 3.80. The summed E-state index contributed by atoms with van der Waals surface area (Å²) in [5, 5.41) is 3.79. The second-order valence-electron chi connectivity index (χ2n) is 4.90. The van der Waals surface area contributed by atoms with Crippen molar-refractivity contribution >= 4 is 27.5 Å². The van der Waals surface area contributed by atoms with Gasteiger partial charge in [-0.1, -0.05) is 67.1 Å². The maximum absolute atomic E-state index is 11.7. The number of halogens is 1. The van der Waals surface area contributed by atoms with Gasteiger partial charge in [0.25, 0.3) is 0 Å². The number of anilines is 1. The van der Waals surface area contributed by atoms with Crippen LogP contribution in [0.5, 0.6) is 0 Å². The predicted molar refractivity (Wildman–Crippen MR) is 85.7 cm³/mol. The fourth-order valence-electron chi connectivity index (χ4n) is 1.97. The van der Waals surface area contributed by atoms with Gasteiger partial charge in [-0.3, -0.25) is 4.79 Å². The van der Waals surface area contributed by atoms with Crippen LogP contribution in [-0.2, 0) is 10.1 Å². The number of carbonyl (C=O) groups excluding carboxylic acids is 1. The van der Waals surface area contributed by atoms with Crippen molar-refractivity contribution < 1.29 is 4.79 Å². The van der Waals surface area contributed by atoms with E-state index in [9.17, 15) is 4.79 Å². The molecule has 0 aromatic heterocycles. The molecule has 3 heteroatoms. The molecular weight excluding hydrogens is 302 g/mol. The zero-order valence-corrected chi connectivity index (χ0v) is 13.3. The summed E-state index contributed by atoms with van der Waals surface area (Å²) >= 11 is 3.41. The maximum atomic E-state index is 11.7. The highest BCUT2D eigenvalue weighted by Gasteiger charge is 2.02. The minimum absolute atomic E-state index is 0.127. The van der Waals surface area contributed by atoms with Crippen molar-refractivity contribution in [2.24, 2.45) is 0 Å². The number of hydrogen-bond acceptors (Lipinski definition) is 1. The SMILES string of the molecule is CCCCCCCCC(=O)Nc1ccc(CBr)cc1. The highest BCUT2D eigenvalue weighted by Crippen LogP contribution is 2.13. The minimum atomic E-state index is 0.127. The van der Waals surface area contributed by atoms with Gasteiger partial charge in [-0.05, 0) is 24.1 Å². The summed E-state index contributed by atoms with van der Waals surface area (Å²) in [6.07, 6.45) is 7.92. The van der Waals surface area contributed by atoms with Crippen LogP contribution >= 0.6 is 15.9 Å². The first-order valence-electron chi connectivity index (χ1n) is 7.21. The predicted octanol–water partition coefficient (Wildman–Crippen LogP) is 5.27. The van der Waals surface area contributed by atoms with Gasteiger partial charge < -0.3 is 5.32 Å². The van der Waals surface area contributed by atoms with Crippen molar-refractivity contribution in [2.45, 2.75) is 57.2 Å². The van der Waals surface area contributed by atoms with Crippen LogP contribution in [0.4, 0.5) is 5.69 Å². The Balaban J connectivity index is 2.16. The molecule has 0 atom stereocenters. The molecule has 0 bridgehead atoms. The summed E-state index contributed by atoms with van der Waals surface area (Å²) in [4.78, 5) is 11.7. The molecule has 2 nitrogen and oxygen atoms in total. The lowest BCUT2D eigenvalue weighted by Gasteiger charge is -2.06. The lowest BCUT2D eigenvalue weighted by Crippen LogP contribution is -2.10. The van der Waals surface area contributed by atoms with Gasteiger partial charge >= 0.3 is 0 Å². The Labute approximate surface area is 125 Å². The first-order chi connectivity index (χ1) is 9.26. The summed E-state index contributed by atoms with van der Waals surface area (Å²) in [7, 11) is 0. The Morgan fingerprint density at radius 1 is 1.05 bits per heavy atom. The third-order valence-electron chi connectivity index (χ3n) is 3.15. The van der Waals surface area contributed by atoms with E-state index in [1.165, 1.54) is 31.2 Å². The second kappa shape index (κ2) is 10.0. The smallest absolute Gasteiger partial charge is 0.224 e. The largest absolute Gasteiger partial charge is 0.326 e. The van der Waals surface area contributed by atoms with Crippen molar-refractivity contribution in [3.05, 3.63) is 29.8 Å². The monoisotopic (exact) mass is 325 g/mol. The molecular formula is C16H24BrNO. The summed E-state index contributed by atoms with van der Waals surface area (Å²) in [6.45, 7) is 2.22. The quantitative estimate of drug-likeness (QED) is 0.486. The topological polar surface area (TPSA) is 29.1 Å². The summed E-state index contributed by atoms with van der Waals surface area (Å²) in [6, 6.07) is 7.95. The molecule has 0 aliphatic heterocycles. The number of hydrogen-bond donors (Lipinski definition) is 1. The molecule has 1 aromatic rings. The molecule has 0 saturated carbocycles. The van der Waals surface area contributed by atoms with Gasteiger partial charge in [0.05, 0.1) is 0 Å². The standard InChI is InChI=1S/C16H24BrNO/c1-2-3-4-5-6-7-8-16(19)18-15-11-9-14(13-17)10-12-15/h9-12H,2-8,13H2,1H3,(H,18,19). The first kappa shape index (κ1) is 16.2. The Bertz CT molecular complexity index is 362. The zero-order chi connectivity index (χ0) is 13.9. The number of nitrogens with one attached hydrogen (secondary N) is 1. The van der Waals surface area contributed by atoms with E-state index in [0.717, 1.165) is 23.9 Å². The van der Waals surface area contributed by atoms with Gasteiger partial charge in [0, 0.05) is 17.4 Å². The molecule has 19 heavy (non-hydrogen) atoms. The molecule has 1 N–H and O–H groups in total. The molecule has 1 aromatic carbocycles. The Kier molecular flexibility index (Phi) is 8.55. The van der Waals surface area contributed by atoms with Crippen molar-refractivity contribution in [2.75, 3.05) is 5.32 Å². The van der Waals surface area contributed by atoms with Crippen LogP contribution in [0.25, 0.3) is 0 Å². The number of unbranched alkanes of at least 4 members (excludes halogenated alkanes) is 5.